The normalized spacial score (nSPS) is 9.65. The molecule has 0 N–H and O–H groups in total. The summed E-state index contributed by atoms with van der Waals surface area (Å²) >= 11 is 1.77. The zero-order valence-corrected chi connectivity index (χ0v) is 15.0. The minimum Gasteiger partial charge on any atom is -0.494 e. The van der Waals surface area contributed by atoms with Crippen molar-refractivity contribution in [2.75, 3.05) is 7.11 Å². The Kier molecular flexibility index (Phi) is 9.23. The van der Waals surface area contributed by atoms with Crippen LogP contribution in [0.25, 0.3) is 10.2 Å². The van der Waals surface area contributed by atoms with Crippen LogP contribution in [0.1, 0.15) is 65.0 Å². The highest BCUT2D eigenvalue weighted by atomic mass is 32.1. The topological polar surface area (TPSA) is 22.1 Å². The van der Waals surface area contributed by atoms with Crippen LogP contribution >= 0.6 is 11.3 Å². The van der Waals surface area contributed by atoms with Gasteiger partial charge < -0.3 is 4.74 Å². The molecule has 0 aliphatic heterocycles. The lowest BCUT2D eigenvalue weighted by atomic mass is 10.1. The van der Waals surface area contributed by atoms with E-state index in [4.69, 9.17) is 4.74 Å². The summed E-state index contributed by atoms with van der Waals surface area (Å²) in [6.45, 7) is 14.5. The van der Waals surface area contributed by atoms with E-state index in [0.717, 1.165) is 17.7 Å². The molecule has 0 spiro atoms. The van der Waals surface area contributed by atoms with E-state index in [1.807, 2.05) is 27.7 Å². The highest BCUT2D eigenvalue weighted by Crippen LogP contribution is 2.34. The second-order valence-corrected chi connectivity index (χ2v) is 5.27. The number of thiazole rings is 1. The van der Waals surface area contributed by atoms with E-state index in [9.17, 15) is 0 Å². The highest BCUT2D eigenvalue weighted by Gasteiger charge is 2.12. The quantitative estimate of drug-likeness (QED) is 0.688. The molecule has 2 aromatic rings. The fraction of sp³-hybridized carbons (Fsp3) is 0.588. The minimum atomic E-state index is 0.479. The number of hydrogen-bond donors (Lipinski definition) is 0. The van der Waals surface area contributed by atoms with Gasteiger partial charge in [-0.3, -0.25) is 0 Å². The first-order chi connectivity index (χ1) is 9.65. The summed E-state index contributed by atoms with van der Waals surface area (Å²) < 4.78 is 6.64. The van der Waals surface area contributed by atoms with E-state index >= 15 is 0 Å². The number of rotatable bonds is 3. The maximum atomic E-state index is 5.41. The molecule has 0 unspecified atom stereocenters. The molecule has 0 bridgehead atoms. The Labute approximate surface area is 128 Å². The predicted octanol–water partition coefficient (Wildman–Crippen LogP) is 6.04. The molecule has 1 aromatic carbocycles. The van der Waals surface area contributed by atoms with Gasteiger partial charge in [0, 0.05) is 5.92 Å². The molecule has 0 aliphatic rings. The van der Waals surface area contributed by atoms with Gasteiger partial charge in [-0.2, -0.15) is 0 Å². The Hall–Kier alpha value is -1.09. The zero-order valence-electron chi connectivity index (χ0n) is 14.2. The van der Waals surface area contributed by atoms with Crippen molar-refractivity contribution in [3.05, 3.63) is 22.7 Å². The smallest absolute Gasteiger partial charge is 0.146 e. The van der Waals surface area contributed by atoms with Crippen LogP contribution in [0, 0.1) is 0 Å². The minimum absolute atomic E-state index is 0.479. The third-order valence-corrected chi connectivity index (χ3v) is 3.96. The molecule has 0 aliphatic carbocycles. The fourth-order valence-electron chi connectivity index (χ4n) is 1.68. The molecule has 0 saturated heterocycles. The number of hydrogen-bond acceptors (Lipinski definition) is 3. The lowest BCUT2D eigenvalue weighted by molar-refractivity contribution is 0.418. The van der Waals surface area contributed by atoms with Crippen LogP contribution in [-0.2, 0) is 6.42 Å². The summed E-state index contributed by atoms with van der Waals surface area (Å²) in [5.74, 6) is 1.38. The largest absolute Gasteiger partial charge is 0.494 e. The van der Waals surface area contributed by atoms with Crippen LogP contribution in [-0.4, -0.2) is 12.1 Å². The van der Waals surface area contributed by atoms with Crippen LogP contribution in [0.2, 0.25) is 0 Å². The summed E-state index contributed by atoms with van der Waals surface area (Å²) in [7, 11) is 1.71. The first-order valence-electron chi connectivity index (χ1n) is 7.63. The summed E-state index contributed by atoms with van der Waals surface area (Å²) in [4.78, 5) is 4.65. The maximum Gasteiger partial charge on any atom is 0.146 e. The molecule has 20 heavy (non-hydrogen) atoms. The molecule has 1 aromatic heterocycles. The molecule has 0 fully saturated rings. The predicted molar refractivity (Wildman–Crippen MR) is 92.3 cm³/mol. The third kappa shape index (κ3) is 4.48. The molecule has 0 amide bonds. The molecule has 0 saturated carbocycles. The van der Waals surface area contributed by atoms with Gasteiger partial charge in [-0.15, -0.1) is 11.3 Å². The van der Waals surface area contributed by atoms with E-state index in [0.29, 0.717) is 5.92 Å². The lowest BCUT2D eigenvalue weighted by Gasteiger charge is -2.03. The summed E-state index contributed by atoms with van der Waals surface area (Å²) in [5, 5.41) is 1.18. The van der Waals surface area contributed by atoms with Crippen molar-refractivity contribution in [3.63, 3.8) is 0 Å². The standard InChI is InChI=1S/C13H17NOS.2C2H6/c1-5-9-6-10(15-4)12-11(7-9)16-13(14-12)8(2)3;2*1-2/h6-8H,5H2,1-4H3;2*1-2H3. The Balaban J connectivity index is 0.000000829. The van der Waals surface area contributed by atoms with Gasteiger partial charge in [-0.1, -0.05) is 48.5 Å². The first-order valence-corrected chi connectivity index (χ1v) is 8.44. The van der Waals surface area contributed by atoms with Crippen molar-refractivity contribution in [1.29, 1.82) is 0 Å². The SMILES string of the molecule is CC.CC.CCc1cc(OC)c2nc(C(C)C)sc2c1. The van der Waals surface area contributed by atoms with Gasteiger partial charge in [0.1, 0.15) is 11.3 Å². The second kappa shape index (κ2) is 9.76. The Morgan fingerprint density at radius 3 is 2.20 bits per heavy atom. The van der Waals surface area contributed by atoms with Gasteiger partial charge in [0.25, 0.3) is 0 Å². The van der Waals surface area contributed by atoms with Crippen LogP contribution < -0.4 is 4.74 Å². The second-order valence-electron chi connectivity index (χ2n) is 4.21. The Morgan fingerprint density at radius 2 is 1.75 bits per heavy atom. The van der Waals surface area contributed by atoms with Crippen molar-refractivity contribution in [2.45, 2.75) is 60.8 Å². The van der Waals surface area contributed by atoms with E-state index in [1.165, 1.54) is 15.3 Å². The van der Waals surface area contributed by atoms with E-state index in [1.54, 1.807) is 18.4 Å². The Bertz CT molecular complexity index is 503. The third-order valence-electron chi connectivity index (χ3n) is 2.66. The number of fused-ring (bicyclic) bond motifs is 1. The summed E-state index contributed by atoms with van der Waals surface area (Å²) in [5.41, 5.74) is 2.32. The summed E-state index contributed by atoms with van der Waals surface area (Å²) in [6, 6.07) is 4.31. The molecular formula is C17H29NOS. The van der Waals surface area contributed by atoms with Crippen LogP contribution in [0.4, 0.5) is 0 Å². The maximum absolute atomic E-state index is 5.41. The molecule has 3 heteroatoms. The van der Waals surface area contributed by atoms with E-state index < -0.39 is 0 Å². The average Bonchev–Trinajstić information content (AvgIpc) is 2.94. The van der Waals surface area contributed by atoms with Crippen molar-refractivity contribution in [3.8, 4) is 5.75 Å². The molecule has 114 valence electrons. The van der Waals surface area contributed by atoms with Gasteiger partial charge in [0.05, 0.1) is 16.8 Å². The molecule has 0 atom stereocenters. The van der Waals surface area contributed by atoms with Crippen LogP contribution in [0.3, 0.4) is 0 Å². The molecule has 2 rings (SSSR count). The van der Waals surface area contributed by atoms with Crippen molar-refractivity contribution in [2.24, 2.45) is 0 Å². The average molecular weight is 295 g/mol. The van der Waals surface area contributed by atoms with Crippen molar-refractivity contribution in [1.82, 2.24) is 4.98 Å². The number of aromatic nitrogens is 1. The van der Waals surface area contributed by atoms with Crippen LogP contribution in [0.5, 0.6) is 5.75 Å². The number of ether oxygens (including phenoxy) is 1. The first kappa shape index (κ1) is 18.9. The van der Waals surface area contributed by atoms with E-state index in [2.05, 4.69) is 37.9 Å². The van der Waals surface area contributed by atoms with Gasteiger partial charge in [-0.05, 0) is 24.1 Å². The Morgan fingerprint density at radius 1 is 1.15 bits per heavy atom. The zero-order chi connectivity index (χ0) is 15.7. The van der Waals surface area contributed by atoms with Gasteiger partial charge in [-0.25, -0.2) is 4.98 Å². The monoisotopic (exact) mass is 295 g/mol. The van der Waals surface area contributed by atoms with Gasteiger partial charge in [0.2, 0.25) is 0 Å². The van der Waals surface area contributed by atoms with Crippen molar-refractivity contribution < 1.29 is 4.74 Å². The van der Waals surface area contributed by atoms with E-state index in [-0.39, 0.29) is 0 Å². The molecular weight excluding hydrogens is 266 g/mol. The fourth-order valence-corrected chi connectivity index (χ4v) is 2.73. The van der Waals surface area contributed by atoms with Gasteiger partial charge >= 0.3 is 0 Å². The highest BCUT2D eigenvalue weighted by molar-refractivity contribution is 7.18. The number of benzene rings is 1. The number of nitrogens with zero attached hydrogens (tertiary/aromatic N) is 1. The van der Waals surface area contributed by atoms with Crippen molar-refractivity contribution >= 4 is 21.6 Å². The molecule has 2 nitrogen and oxygen atoms in total. The molecule has 1 heterocycles. The number of aryl methyl sites for hydroxylation is 1. The van der Waals surface area contributed by atoms with Gasteiger partial charge in [0.15, 0.2) is 0 Å². The molecule has 0 radical (unpaired) electrons. The van der Waals surface area contributed by atoms with Crippen LogP contribution in [0.15, 0.2) is 12.1 Å². The lowest BCUT2D eigenvalue weighted by Crippen LogP contribution is -1.88. The number of methoxy groups -OCH3 is 1. The summed E-state index contributed by atoms with van der Waals surface area (Å²) in [6.07, 6.45) is 1.03.